The SMILES string of the molecule is CN(CCCNC(=O)CN1C(=O)CCn2nc(-c3cn(C)c4ccccc34)cc21)Cc1ccccc1. The van der Waals surface area contributed by atoms with E-state index in [1.807, 2.05) is 48.1 Å². The molecule has 186 valence electrons. The number of anilines is 1. The Balaban J connectivity index is 1.20. The van der Waals surface area contributed by atoms with Gasteiger partial charge in [0.15, 0.2) is 0 Å². The Morgan fingerprint density at radius 2 is 1.89 bits per heavy atom. The Hall–Kier alpha value is -3.91. The number of carbonyl (C=O) groups is 2. The maximum atomic E-state index is 12.7. The van der Waals surface area contributed by atoms with Crippen molar-refractivity contribution in [1.29, 1.82) is 0 Å². The van der Waals surface area contributed by atoms with Crippen molar-refractivity contribution < 1.29 is 9.59 Å². The number of aromatic nitrogens is 3. The van der Waals surface area contributed by atoms with Crippen LogP contribution in [0.5, 0.6) is 0 Å². The van der Waals surface area contributed by atoms with Crippen LogP contribution in [-0.2, 0) is 29.7 Å². The first-order valence-corrected chi connectivity index (χ1v) is 12.4. The van der Waals surface area contributed by atoms with Gasteiger partial charge in [-0.15, -0.1) is 0 Å². The Labute approximate surface area is 211 Å². The highest BCUT2D eigenvalue weighted by Gasteiger charge is 2.28. The first-order chi connectivity index (χ1) is 17.5. The van der Waals surface area contributed by atoms with Gasteiger partial charge in [-0.3, -0.25) is 14.5 Å². The molecular formula is C28H32N6O2. The molecule has 2 amide bonds. The zero-order valence-corrected chi connectivity index (χ0v) is 20.9. The third kappa shape index (κ3) is 5.04. The Bertz CT molecular complexity index is 1370. The topological polar surface area (TPSA) is 75.4 Å². The fourth-order valence-electron chi connectivity index (χ4n) is 4.85. The van der Waals surface area contributed by atoms with Gasteiger partial charge in [0, 0.05) is 55.3 Å². The van der Waals surface area contributed by atoms with Gasteiger partial charge >= 0.3 is 0 Å². The summed E-state index contributed by atoms with van der Waals surface area (Å²) in [6.45, 7) is 2.84. The summed E-state index contributed by atoms with van der Waals surface area (Å²) in [5, 5.41) is 8.87. The molecule has 4 aromatic rings. The average Bonchev–Trinajstić information content (AvgIpc) is 3.46. The van der Waals surface area contributed by atoms with Crippen LogP contribution in [0.4, 0.5) is 5.82 Å². The first kappa shape index (κ1) is 23.8. The largest absolute Gasteiger partial charge is 0.354 e. The van der Waals surface area contributed by atoms with Gasteiger partial charge < -0.3 is 14.8 Å². The van der Waals surface area contributed by atoms with Gasteiger partial charge in [0.2, 0.25) is 11.8 Å². The smallest absolute Gasteiger partial charge is 0.240 e. The van der Waals surface area contributed by atoms with E-state index in [2.05, 4.69) is 52.3 Å². The highest BCUT2D eigenvalue weighted by atomic mass is 16.2. The van der Waals surface area contributed by atoms with E-state index in [-0.39, 0.29) is 18.4 Å². The lowest BCUT2D eigenvalue weighted by Crippen LogP contribution is -2.44. The summed E-state index contributed by atoms with van der Waals surface area (Å²) in [5.74, 6) is 0.465. The molecule has 36 heavy (non-hydrogen) atoms. The van der Waals surface area contributed by atoms with Crippen molar-refractivity contribution in [2.75, 3.05) is 31.6 Å². The van der Waals surface area contributed by atoms with Crippen molar-refractivity contribution >= 4 is 28.5 Å². The van der Waals surface area contributed by atoms with Crippen LogP contribution in [0, 0.1) is 0 Å². The maximum absolute atomic E-state index is 12.7. The highest BCUT2D eigenvalue weighted by molar-refractivity contribution is 6.00. The summed E-state index contributed by atoms with van der Waals surface area (Å²) < 4.78 is 3.92. The van der Waals surface area contributed by atoms with Crippen molar-refractivity contribution in [2.24, 2.45) is 7.05 Å². The van der Waals surface area contributed by atoms with Crippen molar-refractivity contribution in [2.45, 2.75) is 25.9 Å². The molecule has 8 nitrogen and oxygen atoms in total. The fourth-order valence-corrected chi connectivity index (χ4v) is 4.85. The predicted octanol–water partition coefficient (Wildman–Crippen LogP) is 3.42. The summed E-state index contributed by atoms with van der Waals surface area (Å²) in [4.78, 5) is 29.2. The number of nitrogens with zero attached hydrogens (tertiary/aromatic N) is 5. The van der Waals surface area contributed by atoms with Gasteiger partial charge in [-0.2, -0.15) is 5.10 Å². The number of amides is 2. The van der Waals surface area contributed by atoms with Crippen LogP contribution in [0.25, 0.3) is 22.2 Å². The summed E-state index contributed by atoms with van der Waals surface area (Å²) in [6, 6.07) is 20.4. The highest BCUT2D eigenvalue weighted by Crippen LogP contribution is 2.33. The summed E-state index contributed by atoms with van der Waals surface area (Å²) in [6.07, 6.45) is 3.24. The molecule has 0 aliphatic carbocycles. The van der Waals surface area contributed by atoms with Crippen LogP contribution >= 0.6 is 0 Å². The van der Waals surface area contributed by atoms with Crippen molar-refractivity contribution in [3.63, 3.8) is 0 Å². The standard InChI is InChI=1S/C28H32N6O2/c1-31(18-21-9-4-3-5-10-21)15-8-14-29-26(35)20-33-27-17-24(30-34(27)16-13-28(33)36)23-19-32(2)25-12-7-6-11-22(23)25/h3-7,9-12,17,19H,8,13-16,18,20H2,1-2H3,(H,29,35). The predicted molar refractivity (Wildman–Crippen MR) is 142 cm³/mol. The van der Waals surface area contributed by atoms with Gasteiger partial charge in [-0.25, -0.2) is 4.68 Å². The molecule has 1 aliphatic rings. The Morgan fingerprint density at radius 1 is 1.11 bits per heavy atom. The van der Waals surface area contributed by atoms with Crippen molar-refractivity contribution in [3.05, 3.63) is 72.4 Å². The summed E-state index contributed by atoms with van der Waals surface area (Å²) in [7, 11) is 4.09. The molecule has 0 saturated carbocycles. The number of fused-ring (bicyclic) bond motifs is 2. The minimum atomic E-state index is -0.157. The van der Waals surface area contributed by atoms with Crippen LogP contribution in [0.1, 0.15) is 18.4 Å². The molecule has 0 bridgehead atoms. The third-order valence-corrected chi connectivity index (χ3v) is 6.68. The second-order valence-electron chi connectivity index (χ2n) is 9.44. The van der Waals surface area contributed by atoms with Crippen LogP contribution < -0.4 is 10.2 Å². The van der Waals surface area contributed by atoms with Crippen LogP contribution in [0.3, 0.4) is 0 Å². The molecule has 0 unspecified atom stereocenters. The van der Waals surface area contributed by atoms with E-state index in [1.54, 1.807) is 4.90 Å². The Kier molecular flexibility index (Phi) is 6.86. The molecule has 8 heteroatoms. The minimum absolute atomic E-state index is 0.000636. The third-order valence-electron chi connectivity index (χ3n) is 6.68. The molecule has 0 atom stereocenters. The Morgan fingerprint density at radius 3 is 2.72 bits per heavy atom. The molecule has 0 fully saturated rings. The molecule has 1 aliphatic heterocycles. The fraction of sp³-hybridized carbons (Fsp3) is 0.321. The van der Waals surface area contributed by atoms with E-state index in [0.717, 1.165) is 41.7 Å². The van der Waals surface area contributed by atoms with E-state index in [0.29, 0.717) is 25.3 Å². The molecule has 2 aromatic heterocycles. The molecule has 3 heterocycles. The lowest BCUT2D eigenvalue weighted by Gasteiger charge is -2.27. The molecule has 2 aromatic carbocycles. The number of para-hydroxylation sites is 1. The molecule has 1 N–H and O–H groups in total. The number of rotatable bonds is 9. The second kappa shape index (κ2) is 10.4. The first-order valence-electron chi connectivity index (χ1n) is 12.4. The van der Waals surface area contributed by atoms with Gasteiger partial charge in [0.25, 0.3) is 0 Å². The van der Waals surface area contributed by atoms with E-state index in [9.17, 15) is 9.59 Å². The van der Waals surface area contributed by atoms with Crippen LogP contribution in [0.2, 0.25) is 0 Å². The van der Waals surface area contributed by atoms with E-state index in [4.69, 9.17) is 5.10 Å². The van der Waals surface area contributed by atoms with E-state index < -0.39 is 0 Å². The number of benzene rings is 2. The number of carbonyl (C=O) groups excluding carboxylic acids is 2. The monoisotopic (exact) mass is 484 g/mol. The van der Waals surface area contributed by atoms with Crippen LogP contribution in [0.15, 0.2) is 66.9 Å². The zero-order chi connectivity index (χ0) is 25.1. The van der Waals surface area contributed by atoms with Gasteiger partial charge in [-0.1, -0.05) is 48.5 Å². The van der Waals surface area contributed by atoms with E-state index >= 15 is 0 Å². The molecular weight excluding hydrogens is 452 g/mol. The zero-order valence-electron chi connectivity index (χ0n) is 20.9. The number of aryl methyl sites for hydroxylation is 2. The normalized spacial score (nSPS) is 13.4. The average molecular weight is 485 g/mol. The van der Waals surface area contributed by atoms with Crippen molar-refractivity contribution in [3.8, 4) is 11.3 Å². The van der Waals surface area contributed by atoms with Crippen LogP contribution in [-0.4, -0.2) is 57.7 Å². The lowest BCUT2D eigenvalue weighted by atomic mass is 10.1. The number of nitrogens with one attached hydrogen (secondary N) is 1. The van der Waals surface area contributed by atoms with Gasteiger partial charge in [0.1, 0.15) is 12.4 Å². The van der Waals surface area contributed by atoms with Gasteiger partial charge in [0.05, 0.1) is 12.2 Å². The van der Waals surface area contributed by atoms with Gasteiger partial charge in [-0.05, 0) is 31.6 Å². The second-order valence-corrected chi connectivity index (χ2v) is 9.44. The minimum Gasteiger partial charge on any atom is -0.354 e. The number of hydrogen-bond donors (Lipinski definition) is 1. The van der Waals surface area contributed by atoms with E-state index in [1.165, 1.54) is 5.56 Å². The van der Waals surface area contributed by atoms with Crippen molar-refractivity contribution in [1.82, 2.24) is 24.6 Å². The lowest BCUT2D eigenvalue weighted by molar-refractivity contribution is -0.124. The summed E-state index contributed by atoms with van der Waals surface area (Å²) in [5.41, 5.74) is 4.22. The quantitative estimate of drug-likeness (QED) is 0.370. The molecule has 0 spiro atoms. The molecule has 0 saturated heterocycles. The molecule has 0 radical (unpaired) electrons. The molecule has 5 rings (SSSR count). The summed E-state index contributed by atoms with van der Waals surface area (Å²) >= 11 is 0. The number of hydrogen-bond acceptors (Lipinski definition) is 4. The maximum Gasteiger partial charge on any atom is 0.240 e.